The average molecular weight is 305 g/mol. The number of rotatable bonds is 4. The summed E-state index contributed by atoms with van der Waals surface area (Å²) in [6.07, 6.45) is 6.44. The van der Waals surface area contributed by atoms with Gasteiger partial charge in [-0.3, -0.25) is 0 Å². The summed E-state index contributed by atoms with van der Waals surface area (Å²) in [6.45, 7) is 2.97. The van der Waals surface area contributed by atoms with Crippen LogP contribution in [0.5, 0.6) is 0 Å². The van der Waals surface area contributed by atoms with Crippen LogP contribution in [0.15, 0.2) is 0 Å². The number of nitrogen functional groups attached to an aromatic ring is 1. The van der Waals surface area contributed by atoms with Crippen molar-refractivity contribution in [1.82, 2.24) is 15.3 Å². The minimum Gasteiger partial charge on any atom is -0.396 e. The Bertz CT molecular complexity index is 528. The number of nitrogens with zero attached hydrogens (tertiary/aromatic N) is 3. The Hall–Kier alpha value is -1.40. The largest absolute Gasteiger partial charge is 0.396 e. The highest BCUT2D eigenvalue weighted by atomic mass is 16.3. The van der Waals surface area contributed by atoms with Crippen LogP contribution < -0.4 is 16.0 Å². The molecule has 0 atom stereocenters. The van der Waals surface area contributed by atoms with Gasteiger partial charge in [0.1, 0.15) is 5.82 Å². The van der Waals surface area contributed by atoms with Gasteiger partial charge in [0.15, 0.2) is 0 Å². The maximum atomic E-state index is 9.86. The van der Waals surface area contributed by atoms with E-state index < -0.39 is 0 Å². The second-order valence-corrected chi connectivity index (χ2v) is 6.80. The van der Waals surface area contributed by atoms with Gasteiger partial charge in [-0.1, -0.05) is 12.8 Å². The zero-order valence-electron chi connectivity index (χ0n) is 13.4. The Morgan fingerprint density at radius 3 is 2.68 bits per heavy atom. The number of fused-ring (bicyclic) bond motifs is 1. The highest BCUT2D eigenvalue weighted by molar-refractivity contribution is 5.52. The SMILES string of the molecule is CN(CC1(CO)CCCC1)c1nc(N)nc2c1CCNCC2. The summed E-state index contributed by atoms with van der Waals surface area (Å²) in [6, 6.07) is 0. The lowest BCUT2D eigenvalue weighted by atomic mass is 9.86. The van der Waals surface area contributed by atoms with Crippen LogP contribution in [0.2, 0.25) is 0 Å². The Balaban J connectivity index is 1.88. The van der Waals surface area contributed by atoms with Crippen molar-refractivity contribution in [2.24, 2.45) is 5.41 Å². The van der Waals surface area contributed by atoms with Crippen molar-refractivity contribution in [3.63, 3.8) is 0 Å². The van der Waals surface area contributed by atoms with Crippen molar-refractivity contribution in [3.05, 3.63) is 11.3 Å². The van der Waals surface area contributed by atoms with E-state index >= 15 is 0 Å². The van der Waals surface area contributed by atoms with E-state index in [-0.39, 0.29) is 12.0 Å². The minimum absolute atomic E-state index is 0.0182. The average Bonchev–Trinajstić information content (AvgIpc) is 2.84. The number of nitrogens with one attached hydrogen (secondary N) is 1. The second kappa shape index (κ2) is 6.38. The summed E-state index contributed by atoms with van der Waals surface area (Å²) < 4.78 is 0. The molecule has 122 valence electrons. The molecule has 0 bridgehead atoms. The predicted octanol–water partition coefficient (Wildman–Crippen LogP) is 0.736. The lowest BCUT2D eigenvalue weighted by Gasteiger charge is -2.33. The van der Waals surface area contributed by atoms with E-state index in [1.165, 1.54) is 18.4 Å². The molecule has 0 spiro atoms. The van der Waals surface area contributed by atoms with E-state index in [0.29, 0.717) is 5.95 Å². The quantitative estimate of drug-likeness (QED) is 0.760. The van der Waals surface area contributed by atoms with Crippen LogP contribution in [-0.2, 0) is 12.8 Å². The van der Waals surface area contributed by atoms with E-state index in [2.05, 4.69) is 27.2 Å². The van der Waals surface area contributed by atoms with E-state index in [1.807, 2.05) is 0 Å². The third-order valence-electron chi connectivity index (χ3n) is 5.11. The molecule has 1 aliphatic carbocycles. The highest BCUT2D eigenvalue weighted by Crippen LogP contribution is 2.39. The molecule has 1 fully saturated rings. The summed E-state index contributed by atoms with van der Waals surface area (Å²) in [5.41, 5.74) is 8.23. The molecular formula is C16H27N5O. The number of hydrogen-bond acceptors (Lipinski definition) is 6. The van der Waals surface area contributed by atoms with E-state index in [9.17, 15) is 5.11 Å². The van der Waals surface area contributed by atoms with Gasteiger partial charge in [-0.15, -0.1) is 0 Å². The second-order valence-electron chi connectivity index (χ2n) is 6.80. The summed E-state index contributed by atoms with van der Waals surface area (Å²) in [5, 5.41) is 13.3. The lowest BCUT2D eigenvalue weighted by Crippen LogP contribution is -2.37. The van der Waals surface area contributed by atoms with Gasteiger partial charge in [-0.2, -0.15) is 4.98 Å². The van der Waals surface area contributed by atoms with Crippen LogP contribution in [0.25, 0.3) is 0 Å². The van der Waals surface area contributed by atoms with Crippen molar-refractivity contribution in [1.29, 1.82) is 0 Å². The smallest absolute Gasteiger partial charge is 0.222 e. The number of anilines is 2. The van der Waals surface area contributed by atoms with Crippen molar-refractivity contribution in [3.8, 4) is 0 Å². The summed E-state index contributed by atoms with van der Waals surface area (Å²) in [5.74, 6) is 1.30. The van der Waals surface area contributed by atoms with Crippen LogP contribution in [0.4, 0.5) is 11.8 Å². The molecule has 2 heterocycles. The number of hydrogen-bond donors (Lipinski definition) is 3. The molecule has 4 N–H and O–H groups in total. The first-order chi connectivity index (χ1) is 10.6. The first-order valence-electron chi connectivity index (χ1n) is 8.31. The van der Waals surface area contributed by atoms with Crippen molar-refractivity contribution in [2.45, 2.75) is 38.5 Å². The summed E-state index contributed by atoms with van der Waals surface area (Å²) >= 11 is 0. The van der Waals surface area contributed by atoms with Crippen LogP contribution >= 0.6 is 0 Å². The normalized spacial score (nSPS) is 20.5. The molecule has 22 heavy (non-hydrogen) atoms. The van der Waals surface area contributed by atoms with Crippen LogP contribution in [-0.4, -0.2) is 48.4 Å². The molecular weight excluding hydrogens is 278 g/mol. The van der Waals surface area contributed by atoms with Crippen LogP contribution in [0.3, 0.4) is 0 Å². The van der Waals surface area contributed by atoms with Crippen molar-refractivity contribution < 1.29 is 5.11 Å². The molecule has 1 aromatic heterocycles. The molecule has 0 radical (unpaired) electrons. The Kier molecular flexibility index (Phi) is 4.49. The van der Waals surface area contributed by atoms with Gasteiger partial charge in [0.25, 0.3) is 0 Å². The summed E-state index contributed by atoms with van der Waals surface area (Å²) in [7, 11) is 2.07. The maximum absolute atomic E-state index is 9.86. The lowest BCUT2D eigenvalue weighted by molar-refractivity contribution is 0.136. The molecule has 0 amide bonds. The minimum atomic E-state index is 0.0182. The molecule has 1 aliphatic heterocycles. The number of nitrogens with two attached hydrogens (primary N) is 1. The summed E-state index contributed by atoms with van der Waals surface area (Å²) in [4.78, 5) is 11.1. The molecule has 0 saturated heterocycles. The molecule has 0 unspecified atom stereocenters. The first kappa shape index (κ1) is 15.5. The number of aromatic nitrogens is 2. The van der Waals surface area contributed by atoms with E-state index in [4.69, 9.17) is 5.73 Å². The van der Waals surface area contributed by atoms with Gasteiger partial charge < -0.3 is 21.1 Å². The van der Waals surface area contributed by atoms with E-state index in [1.54, 1.807) is 0 Å². The Labute approximate surface area is 132 Å². The Morgan fingerprint density at radius 2 is 1.95 bits per heavy atom. The maximum Gasteiger partial charge on any atom is 0.222 e. The molecule has 3 rings (SSSR count). The predicted molar refractivity (Wildman–Crippen MR) is 88.0 cm³/mol. The highest BCUT2D eigenvalue weighted by Gasteiger charge is 2.35. The third-order valence-corrected chi connectivity index (χ3v) is 5.11. The fourth-order valence-corrected chi connectivity index (χ4v) is 3.93. The van der Waals surface area contributed by atoms with Gasteiger partial charge in [-0.25, -0.2) is 4.98 Å². The monoisotopic (exact) mass is 305 g/mol. The molecule has 2 aliphatic rings. The van der Waals surface area contributed by atoms with Crippen molar-refractivity contribution in [2.75, 3.05) is 43.9 Å². The number of aliphatic hydroxyl groups excluding tert-OH is 1. The molecule has 1 aromatic rings. The fraction of sp³-hybridized carbons (Fsp3) is 0.750. The Morgan fingerprint density at radius 1 is 1.23 bits per heavy atom. The fourth-order valence-electron chi connectivity index (χ4n) is 3.93. The van der Waals surface area contributed by atoms with Crippen LogP contribution in [0.1, 0.15) is 36.9 Å². The molecule has 6 nitrogen and oxygen atoms in total. The topological polar surface area (TPSA) is 87.3 Å². The molecule has 1 saturated carbocycles. The standard InChI is InChI=1S/C16H27N5O/c1-21(10-16(11-22)6-2-3-7-16)14-12-4-8-18-9-5-13(12)19-15(17)20-14/h18,22H,2-11H2,1H3,(H2,17,19,20). The van der Waals surface area contributed by atoms with Gasteiger partial charge in [0.2, 0.25) is 5.95 Å². The third kappa shape index (κ3) is 3.03. The zero-order valence-corrected chi connectivity index (χ0v) is 13.4. The van der Waals surface area contributed by atoms with Gasteiger partial charge in [-0.05, 0) is 25.8 Å². The van der Waals surface area contributed by atoms with E-state index in [0.717, 1.165) is 56.8 Å². The number of aliphatic hydroxyl groups is 1. The van der Waals surface area contributed by atoms with Gasteiger partial charge in [0.05, 0.1) is 12.3 Å². The molecule has 6 heteroatoms. The van der Waals surface area contributed by atoms with Gasteiger partial charge in [0, 0.05) is 37.5 Å². The molecule has 0 aromatic carbocycles. The van der Waals surface area contributed by atoms with Gasteiger partial charge >= 0.3 is 0 Å². The zero-order chi connectivity index (χ0) is 15.6. The first-order valence-corrected chi connectivity index (χ1v) is 8.31. The van der Waals surface area contributed by atoms with Crippen molar-refractivity contribution >= 4 is 11.8 Å². The van der Waals surface area contributed by atoms with Crippen LogP contribution in [0, 0.1) is 5.41 Å².